The third-order valence-corrected chi connectivity index (χ3v) is 3.60. The topological polar surface area (TPSA) is 38.9 Å². The van der Waals surface area contributed by atoms with Crippen LogP contribution in [-0.4, -0.2) is 37.0 Å². The SMILES string of the molecule is Cn1cc(CN2CCC[C@@H]2Cn2cccn2)cn1. The molecule has 0 unspecified atom stereocenters. The van der Waals surface area contributed by atoms with Gasteiger partial charge in [-0.1, -0.05) is 0 Å². The van der Waals surface area contributed by atoms with Gasteiger partial charge >= 0.3 is 0 Å². The summed E-state index contributed by atoms with van der Waals surface area (Å²) in [6, 6.07) is 2.59. The second-order valence-corrected chi connectivity index (χ2v) is 5.02. The maximum absolute atomic E-state index is 4.30. The van der Waals surface area contributed by atoms with Gasteiger partial charge in [0.15, 0.2) is 0 Å². The number of hydrogen-bond donors (Lipinski definition) is 0. The molecule has 1 aliphatic rings. The van der Waals surface area contributed by atoms with Crippen LogP contribution in [0.2, 0.25) is 0 Å². The smallest absolute Gasteiger partial charge is 0.0565 e. The van der Waals surface area contributed by atoms with Gasteiger partial charge in [-0.3, -0.25) is 14.3 Å². The van der Waals surface area contributed by atoms with E-state index in [1.165, 1.54) is 24.9 Å². The fraction of sp³-hybridized carbons (Fsp3) is 0.538. The van der Waals surface area contributed by atoms with Crippen molar-refractivity contribution in [2.45, 2.75) is 32.0 Å². The first-order valence-corrected chi connectivity index (χ1v) is 6.50. The maximum atomic E-state index is 4.30. The molecule has 0 N–H and O–H groups in total. The van der Waals surface area contributed by atoms with E-state index in [1.54, 1.807) is 0 Å². The van der Waals surface area contributed by atoms with E-state index in [0.29, 0.717) is 6.04 Å². The Morgan fingerprint density at radius 2 is 2.33 bits per heavy atom. The Hall–Kier alpha value is -1.62. The van der Waals surface area contributed by atoms with Gasteiger partial charge in [0.2, 0.25) is 0 Å². The summed E-state index contributed by atoms with van der Waals surface area (Å²) >= 11 is 0. The van der Waals surface area contributed by atoms with E-state index in [9.17, 15) is 0 Å². The van der Waals surface area contributed by atoms with E-state index in [-0.39, 0.29) is 0 Å². The van der Waals surface area contributed by atoms with Crippen LogP contribution < -0.4 is 0 Å². The van der Waals surface area contributed by atoms with E-state index in [4.69, 9.17) is 0 Å². The molecular weight excluding hydrogens is 226 g/mol. The second-order valence-electron chi connectivity index (χ2n) is 5.02. The third-order valence-electron chi connectivity index (χ3n) is 3.60. The Balaban J connectivity index is 1.64. The Labute approximate surface area is 107 Å². The number of likely N-dealkylation sites (tertiary alicyclic amines) is 1. The zero-order valence-corrected chi connectivity index (χ0v) is 10.7. The molecule has 2 aromatic rings. The molecule has 0 aliphatic carbocycles. The van der Waals surface area contributed by atoms with Crippen LogP contribution >= 0.6 is 0 Å². The lowest BCUT2D eigenvalue weighted by atomic mass is 10.2. The van der Waals surface area contributed by atoms with Gasteiger partial charge in [0.25, 0.3) is 0 Å². The van der Waals surface area contributed by atoms with Gasteiger partial charge in [-0.2, -0.15) is 10.2 Å². The highest BCUT2D eigenvalue weighted by atomic mass is 15.3. The Morgan fingerprint density at radius 3 is 3.06 bits per heavy atom. The minimum absolute atomic E-state index is 0.602. The van der Waals surface area contributed by atoms with E-state index in [2.05, 4.69) is 21.3 Å². The van der Waals surface area contributed by atoms with Crippen LogP contribution in [0.3, 0.4) is 0 Å². The lowest BCUT2D eigenvalue weighted by molar-refractivity contribution is 0.219. The van der Waals surface area contributed by atoms with Crippen LogP contribution in [0.5, 0.6) is 0 Å². The molecule has 1 aliphatic heterocycles. The molecule has 96 valence electrons. The molecule has 0 bridgehead atoms. The molecule has 0 spiro atoms. The monoisotopic (exact) mass is 245 g/mol. The number of nitrogens with zero attached hydrogens (tertiary/aromatic N) is 5. The third kappa shape index (κ3) is 2.46. The van der Waals surface area contributed by atoms with Gasteiger partial charge in [-0.05, 0) is 25.5 Å². The summed E-state index contributed by atoms with van der Waals surface area (Å²) in [5.74, 6) is 0. The van der Waals surface area contributed by atoms with Crippen molar-refractivity contribution in [1.82, 2.24) is 24.5 Å². The fourth-order valence-corrected chi connectivity index (χ4v) is 2.72. The zero-order chi connectivity index (χ0) is 12.4. The minimum Gasteiger partial charge on any atom is -0.294 e. The summed E-state index contributed by atoms with van der Waals surface area (Å²) in [4.78, 5) is 2.54. The summed E-state index contributed by atoms with van der Waals surface area (Å²) < 4.78 is 3.90. The van der Waals surface area contributed by atoms with Crippen molar-refractivity contribution in [3.8, 4) is 0 Å². The molecule has 0 amide bonds. The first-order valence-electron chi connectivity index (χ1n) is 6.50. The van der Waals surface area contributed by atoms with Gasteiger partial charge in [0, 0.05) is 43.8 Å². The summed E-state index contributed by atoms with van der Waals surface area (Å²) in [5.41, 5.74) is 1.30. The van der Waals surface area contributed by atoms with Crippen molar-refractivity contribution < 1.29 is 0 Å². The molecule has 3 heterocycles. The van der Waals surface area contributed by atoms with E-state index in [1.807, 2.05) is 41.1 Å². The highest BCUT2D eigenvalue weighted by molar-refractivity contribution is 5.04. The molecule has 1 atom stereocenters. The minimum atomic E-state index is 0.602. The van der Waals surface area contributed by atoms with E-state index < -0.39 is 0 Å². The van der Waals surface area contributed by atoms with Crippen molar-refractivity contribution in [1.29, 1.82) is 0 Å². The number of rotatable bonds is 4. The Morgan fingerprint density at radius 1 is 1.39 bits per heavy atom. The highest BCUT2D eigenvalue weighted by Gasteiger charge is 2.25. The quantitative estimate of drug-likeness (QED) is 0.814. The van der Waals surface area contributed by atoms with Crippen LogP contribution in [0.15, 0.2) is 30.9 Å². The Bertz CT molecular complexity index is 487. The largest absolute Gasteiger partial charge is 0.294 e. The maximum Gasteiger partial charge on any atom is 0.0565 e. The van der Waals surface area contributed by atoms with Crippen molar-refractivity contribution in [2.75, 3.05) is 6.54 Å². The molecule has 5 heteroatoms. The lowest BCUT2D eigenvalue weighted by Crippen LogP contribution is -2.32. The summed E-state index contributed by atoms with van der Waals surface area (Å²) in [7, 11) is 1.97. The zero-order valence-electron chi connectivity index (χ0n) is 10.7. The first kappa shape index (κ1) is 11.5. The molecule has 1 saturated heterocycles. The summed E-state index contributed by atoms with van der Waals surface area (Å²) in [6.45, 7) is 3.17. The second kappa shape index (κ2) is 4.94. The number of hydrogen-bond acceptors (Lipinski definition) is 3. The normalized spacial score (nSPS) is 20.6. The van der Waals surface area contributed by atoms with Gasteiger partial charge < -0.3 is 0 Å². The summed E-state index contributed by atoms with van der Waals surface area (Å²) in [5, 5.41) is 8.53. The average Bonchev–Trinajstić information content (AvgIpc) is 3.05. The molecule has 0 radical (unpaired) electrons. The average molecular weight is 245 g/mol. The van der Waals surface area contributed by atoms with E-state index in [0.717, 1.165) is 13.1 Å². The van der Waals surface area contributed by atoms with Gasteiger partial charge in [0.05, 0.1) is 12.7 Å². The van der Waals surface area contributed by atoms with Gasteiger partial charge in [-0.15, -0.1) is 0 Å². The molecule has 18 heavy (non-hydrogen) atoms. The Kier molecular flexibility index (Phi) is 3.15. The molecule has 1 fully saturated rings. The van der Waals surface area contributed by atoms with Crippen LogP contribution in [0, 0.1) is 0 Å². The fourth-order valence-electron chi connectivity index (χ4n) is 2.72. The van der Waals surface area contributed by atoms with Crippen molar-refractivity contribution in [3.63, 3.8) is 0 Å². The van der Waals surface area contributed by atoms with E-state index >= 15 is 0 Å². The van der Waals surface area contributed by atoms with Crippen LogP contribution in [0.4, 0.5) is 0 Å². The van der Waals surface area contributed by atoms with Crippen LogP contribution in [0.1, 0.15) is 18.4 Å². The molecule has 5 nitrogen and oxygen atoms in total. The molecule has 0 aromatic carbocycles. The number of aryl methyl sites for hydroxylation is 1. The predicted octanol–water partition coefficient (Wildman–Crippen LogP) is 1.28. The summed E-state index contributed by atoms with van der Waals surface area (Å²) in [6.07, 6.45) is 10.5. The predicted molar refractivity (Wildman–Crippen MR) is 68.9 cm³/mol. The molecule has 2 aromatic heterocycles. The van der Waals surface area contributed by atoms with Crippen molar-refractivity contribution in [3.05, 3.63) is 36.4 Å². The van der Waals surface area contributed by atoms with Gasteiger partial charge in [-0.25, -0.2) is 0 Å². The molecular formula is C13H19N5. The lowest BCUT2D eigenvalue weighted by Gasteiger charge is -2.23. The van der Waals surface area contributed by atoms with Crippen LogP contribution in [0.25, 0.3) is 0 Å². The van der Waals surface area contributed by atoms with Crippen LogP contribution in [-0.2, 0) is 20.1 Å². The first-order chi connectivity index (χ1) is 8.81. The van der Waals surface area contributed by atoms with Crippen molar-refractivity contribution >= 4 is 0 Å². The highest BCUT2D eigenvalue weighted by Crippen LogP contribution is 2.21. The van der Waals surface area contributed by atoms with Crippen molar-refractivity contribution in [2.24, 2.45) is 7.05 Å². The molecule has 0 saturated carbocycles. The number of aromatic nitrogens is 4. The standard InChI is InChI=1S/C13H19N5/c1-16-9-12(8-15-16)10-17-6-2-4-13(17)11-18-7-3-5-14-18/h3,5,7-9,13H,2,4,6,10-11H2,1H3/t13-/m1/s1. The van der Waals surface area contributed by atoms with Gasteiger partial charge in [0.1, 0.15) is 0 Å². The molecule has 3 rings (SSSR count).